The second kappa shape index (κ2) is 10.7. The lowest BCUT2D eigenvalue weighted by Crippen LogP contribution is -2.45. The molecule has 6 nitrogen and oxygen atoms in total. The highest BCUT2D eigenvalue weighted by Gasteiger charge is 2.36. The van der Waals surface area contributed by atoms with E-state index in [1.165, 1.54) is 5.56 Å². The summed E-state index contributed by atoms with van der Waals surface area (Å²) in [6, 6.07) is 10.4. The molecule has 0 spiro atoms. The second-order valence-electron chi connectivity index (χ2n) is 8.36. The van der Waals surface area contributed by atoms with Gasteiger partial charge in [-0.2, -0.15) is 0 Å². The molecule has 0 saturated carbocycles. The zero-order valence-corrected chi connectivity index (χ0v) is 19.0. The van der Waals surface area contributed by atoms with Crippen molar-refractivity contribution in [1.29, 1.82) is 0 Å². The van der Waals surface area contributed by atoms with Crippen LogP contribution in [-0.4, -0.2) is 58.0 Å². The molecule has 164 valence electrons. The van der Waals surface area contributed by atoms with Gasteiger partial charge in [-0.05, 0) is 45.5 Å². The summed E-state index contributed by atoms with van der Waals surface area (Å²) in [5.74, 6) is 0.0915. The van der Waals surface area contributed by atoms with Gasteiger partial charge < -0.3 is 14.8 Å². The fraction of sp³-hybridized carbons (Fsp3) is 0.583. The highest BCUT2D eigenvalue weighted by atomic mass is 16.2. The molecule has 1 aliphatic heterocycles. The lowest BCUT2D eigenvalue weighted by molar-refractivity contribution is -0.127. The SMILES string of the molecule is CCN(CC)CCCNC(=O)[C@@H]1c2c(ncn2C(C)C)CCN1Cc1ccccc1. The van der Waals surface area contributed by atoms with Crippen molar-refractivity contribution in [3.05, 3.63) is 53.6 Å². The molecule has 0 saturated heterocycles. The van der Waals surface area contributed by atoms with Gasteiger partial charge in [-0.3, -0.25) is 9.69 Å². The fourth-order valence-corrected chi connectivity index (χ4v) is 4.29. The van der Waals surface area contributed by atoms with E-state index in [-0.39, 0.29) is 18.0 Å². The number of hydrogen-bond acceptors (Lipinski definition) is 4. The van der Waals surface area contributed by atoms with Crippen LogP contribution in [0, 0.1) is 0 Å². The van der Waals surface area contributed by atoms with Gasteiger partial charge in [-0.25, -0.2) is 4.98 Å². The van der Waals surface area contributed by atoms with E-state index in [4.69, 9.17) is 0 Å². The Morgan fingerprint density at radius 1 is 1.23 bits per heavy atom. The van der Waals surface area contributed by atoms with Crippen LogP contribution in [0.25, 0.3) is 0 Å². The molecule has 1 amide bonds. The largest absolute Gasteiger partial charge is 0.354 e. The molecule has 1 aromatic heterocycles. The summed E-state index contributed by atoms with van der Waals surface area (Å²) in [7, 11) is 0. The van der Waals surface area contributed by atoms with Gasteiger partial charge in [0, 0.05) is 32.1 Å². The Labute approximate surface area is 181 Å². The Hall–Kier alpha value is -2.18. The minimum absolute atomic E-state index is 0.0915. The van der Waals surface area contributed by atoms with Gasteiger partial charge in [0.15, 0.2) is 0 Å². The van der Waals surface area contributed by atoms with Gasteiger partial charge in [0.2, 0.25) is 5.91 Å². The number of fused-ring (bicyclic) bond motifs is 1. The Kier molecular flexibility index (Phi) is 8.05. The summed E-state index contributed by atoms with van der Waals surface area (Å²) >= 11 is 0. The molecule has 1 N–H and O–H groups in total. The van der Waals surface area contributed by atoms with E-state index in [0.717, 1.165) is 57.0 Å². The molecule has 2 aromatic rings. The summed E-state index contributed by atoms with van der Waals surface area (Å²) in [4.78, 5) is 22.7. The van der Waals surface area contributed by atoms with Gasteiger partial charge in [0.05, 0.1) is 17.7 Å². The van der Waals surface area contributed by atoms with Crippen molar-refractivity contribution in [3.63, 3.8) is 0 Å². The van der Waals surface area contributed by atoms with Crippen LogP contribution < -0.4 is 5.32 Å². The molecular formula is C24H37N5O. The van der Waals surface area contributed by atoms with E-state index < -0.39 is 0 Å². The van der Waals surface area contributed by atoms with Gasteiger partial charge in [-0.15, -0.1) is 0 Å². The predicted molar refractivity (Wildman–Crippen MR) is 121 cm³/mol. The van der Waals surface area contributed by atoms with E-state index >= 15 is 0 Å². The Morgan fingerprint density at radius 3 is 2.63 bits per heavy atom. The summed E-state index contributed by atoms with van der Waals surface area (Å²) in [6.07, 6.45) is 3.75. The molecule has 0 unspecified atom stereocenters. The van der Waals surface area contributed by atoms with Crippen molar-refractivity contribution in [1.82, 2.24) is 24.7 Å². The smallest absolute Gasteiger partial charge is 0.243 e. The fourth-order valence-electron chi connectivity index (χ4n) is 4.29. The van der Waals surface area contributed by atoms with Crippen LogP contribution in [0.3, 0.4) is 0 Å². The topological polar surface area (TPSA) is 53.4 Å². The predicted octanol–water partition coefficient (Wildman–Crippen LogP) is 3.41. The summed E-state index contributed by atoms with van der Waals surface area (Å²) in [5.41, 5.74) is 3.36. The van der Waals surface area contributed by atoms with E-state index in [1.54, 1.807) is 0 Å². The third kappa shape index (κ3) is 5.29. The molecule has 0 fully saturated rings. The first-order valence-corrected chi connectivity index (χ1v) is 11.4. The maximum Gasteiger partial charge on any atom is 0.243 e. The van der Waals surface area contributed by atoms with Crippen LogP contribution in [0.5, 0.6) is 0 Å². The van der Waals surface area contributed by atoms with Crippen LogP contribution in [0.1, 0.15) is 63.2 Å². The Balaban J connectivity index is 1.77. The third-order valence-corrected chi connectivity index (χ3v) is 6.05. The monoisotopic (exact) mass is 411 g/mol. The number of imidazole rings is 1. The highest BCUT2D eigenvalue weighted by molar-refractivity contribution is 5.83. The molecule has 0 aliphatic carbocycles. The zero-order chi connectivity index (χ0) is 21.5. The second-order valence-corrected chi connectivity index (χ2v) is 8.36. The number of carbonyl (C=O) groups excluding carboxylic acids is 1. The van der Waals surface area contributed by atoms with Crippen LogP contribution >= 0.6 is 0 Å². The van der Waals surface area contributed by atoms with E-state index in [9.17, 15) is 4.79 Å². The molecule has 3 rings (SSSR count). The quantitative estimate of drug-likeness (QED) is 0.609. The van der Waals surface area contributed by atoms with Crippen molar-refractivity contribution in [2.24, 2.45) is 0 Å². The average molecular weight is 412 g/mol. The first-order valence-electron chi connectivity index (χ1n) is 11.4. The summed E-state index contributed by atoms with van der Waals surface area (Å²) in [5, 5.41) is 3.22. The van der Waals surface area contributed by atoms with Crippen molar-refractivity contribution in [3.8, 4) is 0 Å². The first kappa shape index (κ1) is 22.5. The number of rotatable bonds is 10. The molecule has 1 atom stereocenters. The molecule has 1 aliphatic rings. The maximum absolute atomic E-state index is 13.4. The number of amides is 1. The van der Waals surface area contributed by atoms with Crippen LogP contribution in [0.15, 0.2) is 36.7 Å². The Bertz CT molecular complexity index is 797. The third-order valence-electron chi connectivity index (χ3n) is 6.05. The van der Waals surface area contributed by atoms with E-state index in [0.29, 0.717) is 6.54 Å². The lowest BCUT2D eigenvalue weighted by atomic mass is 10.00. The van der Waals surface area contributed by atoms with Crippen molar-refractivity contribution < 1.29 is 4.79 Å². The minimum Gasteiger partial charge on any atom is -0.354 e. The number of nitrogens with one attached hydrogen (secondary N) is 1. The van der Waals surface area contributed by atoms with Gasteiger partial charge >= 0.3 is 0 Å². The number of benzene rings is 1. The number of aromatic nitrogens is 2. The molecular weight excluding hydrogens is 374 g/mol. The van der Waals surface area contributed by atoms with Gasteiger partial charge in [0.25, 0.3) is 0 Å². The molecule has 0 radical (unpaired) electrons. The van der Waals surface area contributed by atoms with Crippen molar-refractivity contribution >= 4 is 5.91 Å². The molecule has 0 bridgehead atoms. The van der Waals surface area contributed by atoms with Gasteiger partial charge in [-0.1, -0.05) is 44.2 Å². The normalized spacial score (nSPS) is 16.8. The molecule has 2 heterocycles. The average Bonchev–Trinajstić information content (AvgIpc) is 3.19. The maximum atomic E-state index is 13.4. The summed E-state index contributed by atoms with van der Waals surface area (Å²) < 4.78 is 2.17. The van der Waals surface area contributed by atoms with Crippen molar-refractivity contribution in [2.75, 3.05) is 32.7 Å². The van der Waals surface area contributed by atoms with Gasteiger partial charge in [0.1, 0.15) is 6.04 Å². The van der Waals surface area contributed by atoms with Crippen molar-refractivity contribution in [2.45, 2.75) is 59.2 Å². The molecule has 1 aromatic carbocycles. The van der Waals surface area contributed by atoms with Crippen LogP contribution in [0.2, 0.25) is 0 Å². The molecule has 6 heteroatoms. The minimum atomic E-state index is -0.299. The van der Waals surface area contributed by atoms with E-state index in [2.05, 4.69) is 76.6 Å². The number of carbonyl (C=O) groups is 1. The number of hydrogen-bond donors (Lipinski definition) is 1. The van der Waals surface area contributed by atoms with E-state index in [1.807, 2.05) is 12.4 Å². The lowest BCUT2D eigenvalue weighted by Gasteiger charge is -2.36. The molecule has 30 heavy (non-hydrogen) atoms. The summed E-state index contributed by atoms with van der Waals surface area (Å²) in [6.45, 7) is 14.1. The highest BCUT2D eigenvalue weighted by Crippen LogP contribution is 2.32. The standard InChI is InChI=1S/C24H37N5O/c1-5-27(6-2)15-10-14-25-24(30)23-22-21(26-18-29(22)19(3)4)13-16-28(23)17-20-11-8-7-9-12-20/h7-9,11-12,18-19,23H,5-6,10,13-17H2,1-4H3,(H,25,30)/t23-/m0/s1. The Morgan fingerprint density at radius 2 is 1.97 bits per heavy atom. The van der Waals surface area contributed by atoms with Crippen LogP contribution in [0.4, 0.5) is 0 Å². The zero-order valence-electron chi connectivity index (χ0n) is 19.0. The van der Waals surface area contributed by atoms with Crippen LogP contribution in [-0.2, 0) is 17.8 Å². The first-order chi connectivity index (χ1) is 14.5. The number of nitrogens with zero attached hydrogens (tertiary/aromatic N) is 4.